The van der Waals surface area contributed by atoms with Gasteiger partial charge in [0.25, 0.3) is 10.0 Å². The molecule has 0 fully saturated rings. The SMILES string of the molecule is CCCNC(=O)C(C)N(Cc1ccccc1F)C(=O)CN(c1ccccc1OC)S(=O)(=O)c1ccc(OC)cc1. The molecule has 0 heterocycles. The number of nitrogens with zero attached hydrogens (tertiary/aromatic N) is 2. The van der Waals surface area contributed by atoms with Gasteiger partial charge in [-0.1, -0.05) is 37.3 Å². The van der Waals surface area contributed by atoms with Crippen LogP contribution in [0.15, 0.2) is 77.7 Å². The number of nitrogens with one attached hydrogen (secondary N) is 1. The zero-order valence-corrected chi connectivity index (χ0v) is 23.8. The number of hydrogen-bond donors (Lipinski definition) is 1. The van der Waals surface area contributed by atoms with Crippen LogP contribution >= 0.6 is 0 Å². The summed E-state index contributed by atoms with van der Waals surface area (Å²) in [7, 11) is -1.45. The number of carbonyl (C=O) groups excluding carboxylic acids is 2. The summed E-state index contributed by atoms with van der Waals surface area (Å²) < 4.78 is 54.0. The van der Waals surface area contributed by atoms with Crippen molar-refractivity contribution in [2.45, 2.75) is 37.8 Å². The van der Waals surface area contributed by atoms with E-state index >= 15 is 0 Å². The van der Waals surface area contributed by atoms with Crippen molar-refractivity contribution in [3.63, 3.8) is 0 Å². The van der Waals surface area contributed by atoms with Crippen LogP contribution in [0.1, 0.15) is 25.8 Å². The Labute approximate surface area is 234 Å². The zero-order chi connectivity index (χ0) is 29.3. The third kappa shape index (κ3) is 7.09. The molecule has 214 valence electrons. The summed E-state index contributed by atoms with van der Waals surface area (Å²) in [5.74, 6) is -1.00. The van der Waals surface area contributed by atoms with Crippen molar-refractivity contribution >= 4 is 27.5 Å². The van der Waals surface area contributed by atoms with Crippen molar-refractivity contribution in [2.75, 3.05) is 31.6 Å². The highest BCUT2D eigenvalue weighted by Crippen LogP contribution is 2.33. The highest BCUT2D eigenvalue weighted by Gasteiger charge is 2.34. The molecule has 2 amide bonds. The molecular formula is C29H34FN3O6S. The molecule has 3 aromatic carbocycles. The summed E-state index contributed by atoms with van der Waals surface area (Å²) in [4.78, 5) is 27.9. The summed E-state index contributed by atoms with van der Waals surface area (Å²) in [5.41, 5.74) is 0.316. The second kappa shape index (κ2) is 13.8. The fourth-order valence-corrected chi connectivity index (χ4v) is 5.44. The quantitative estimate of drug-likeness (QED) is 0.333. The maximum absolute atomic E-state index is 14.6. The van der Waals surface area contributed by atoms with Crippen LogP contribution in [0.25, 0.3) is 0 Å². The van der Waals surface area contributed by atoms with Gasteiger partial charge in [0, 0.05) is 18.7 Å². The largest absolute Gasteiger partial charge is 0.497 e. The predicted molar refractivity (Wildman–Crippen MR) is 150 cm³/mol. The molecule has 3 aromatic rings. The van der Waals surface area contributed by atoms with E-state index in [-0.39, 0.29) is 28.4 Å². The number of methoxy groups -OCH3 is 2. The Morgan fingerprint density at radius 2 is 1.60 bits per heavy atom. The van der Waals surface area contributed by atoms with Gasteiger partial charge >= 0.3 is 0 Å². The Balaban J connectivity index is 2.07. The van der Waals surface area contributed by atoms with Crippen LogP contribution in [0.5, 0.6) is 11.5 Å². The lowest BCUT2D eigenvalue weighted by molar-refractivity contribution is -0.139. The maximum Gasteiger partial charge on any atom is 0.264 e. The standard InChI is InChI=1S/C29H34FN3O6S/c1-5-18-31-29(35)21(2)32(19-22-10-6-7-11-25(22)30)28(34)20-33(26-12-8-9-13-27(26)39-4)40(36,37)24-16-14-23(38-3)15-17-24/h6-17,21H,5,18-20H2,1-4H3,(H,31,35). The van der Waals surface area contributed by atoms with Crippen molar-refractivity contribution in [1.82, 2.24) is 10.2 Å². The van der Waals surface area contributed by atoms with E-state index in [1.165, 1.54) is 74.6 Å². The van der Waals surface area contributed by atoms with Crippen molar-refractivity contribution < 1.29 is 31.9 Å². The molecule has 0 aliphatic carbocycles. The molecule has 3 rings (SSSR count). The summed E-state index contributed by atoms with van der Waals surface area (Å²) in [6.07, 6.45) is 0.682. The molecule has 0 saturated heterocycles. The average Bonchev–Trinajstić information content (AvgIpc) is 2.97. The number of hydrogen-bond acceptors (Lipinski definition) is 6. The van der Waals surface area contributed by atoms with Crippen molar-refractivity contribution in [2.24, 2.45) is 0 Å². The Hall–Kier alpha value is -4.12. The van der Waals surface area contributed by atoms with E-state index in [0.717, 1.165) is 4.31 Å². The maximum atomic E-state index is 14.6. The minimum absolute atomic E-state index is 0.0820. The number of benzene rings is 3. The number of sulfonamides is 1. The van der Waals surface area contributed by atoms with Crippen LogP contribution in [0, 0.1) is 5.82 Å². The van der Waals surface area contributed by atoms with E-state index in [1.54, 1.807) is 24.3 Å². The van der Waals surface area contributed by atoms with Crippen LogP contribution in [-0.4, -0.2) is 58.5 Å². The number of ether oxygens (including phenoxy) is 2. The Bertz CT molecular complexity index is 1420. The van der Waals surface area contributed by atoms with E-state index in [0.29, 0.717) is 18.7 Å². The second-order valence-corrected chi connectivity index (χ2v) is 10.8. The molecule has 0 radical (unpaired) electrons. The molecule has 1 unspecified atom stereocenters. The normalized spacial score (nSPS) is 11.8. The van der Waals surface area contributed by atoms with Gasteiger partial charge in [-0.15, -0.1) is 0 Å². The minimum Gasteiger partial charge on any atom is -0.497 e. The molecule has 1 atom stereocenters. The highest BCUT2D eigenvalue weighted by molar-refractivity contribution is 7.92. The lowest BCUT2D eigenvalue weighted by Crippen LogP contribution is -2.51. The molecule has 0 aromatic heterocycles. The number of halogens is 1. The van der Waals surface area contributed by atoms with Crippen LogP contribution < -0.4 is 19.1 Å². The first-order chi connectivity index (χ1) is 19.1. The van der Waals surface area contributed by atoms with Crippen LogP contribution in [0.3, 0.4) is 0 Å². The van der Waals surface area contributed by atoms with Crippen LogP contribution in [0.2, 0.25) is 0 Å². The monoisotopic (exact) mass is 571 g/mol. The first kappa shape index (κ1) is 30.4. The molecule has 0 aliphatic rings. The zero-order valence-electron chi connectivity index (χ0n) is 23.0. The lowest BCUT2D eigenvalue weighted by atomic mass is 10.1. The van der Waals surface area contributed by atoms with Gasteiger partial charge in [0.15, 0.2) is 0 Å². The van der Waals surface area contributed by atoms with Gasteiger partial charge < -0.3 is 19.7 Å². The first-order valence-electron chi connectivity index (χ1n) is 12.7. The van der Waals surface area contributed by atoms with E-state index in [4.69, 9.17) is 9.47 Å². The van der Waals surface area contributed by atoms with Gasteiger partial charge in [-0.2, -0.15) is 0 Å². The number of para-hydroxylation sites is 2. The minimum atomic E-state index is -4.31. The van der Waals surface area contributed by atoms with Crippen molar-refractivity contribution in [3.05, 3.63) is 84.2 Å². The fraction of sp³-hybridized carbons (Fsp3) is 0.310. The molecule has 1 N–H and O–H groups in total. The van der Waals surface area contributed by atoms with Gasteiger partial charge in [0.1, 0.15) is 29.9 Å². The first-order valence-corrected chi connectivity index (χ1v) is 14.2. The highest BCUT2D eigenvalue weighted by atomic mass is 32.2. The van der Waals surface area contributed by atoms with Crippen molar-refractivity contribution in [1.29, 1.82) is 0 Å². The molecule has 0 spiro atoms. The third-order valence-corrected chi connectivity index (χ3v) is 8.07. The number of amides is 2. The summed E-state index contributed by atoms with van der Waals surface area (Å²) >= 11 is 0. The Morgan fingerprint density at radius 1 is 0.950 bits per heavy atom. The molecule has 9 nitrogen and oxygen atoms in total. The number of rotatable bonds is 13. The van der Waals surface area contributed by atoms with E-state index < -0.39 is 40.2 Å². The topological polar surface area (TPSA) is 105 Å². The molecule has 0 aliphatic heterocycles. The number of carbonyl (C=O) groups is 2. The van der Waals surface area contributed by atoms with Crippen LogP contribution in [-0.2, 0) is 26.2 Å². The van der Waals surface area contributed by atoms with E-state index in [1.807, 2.05) is 6.92 Å². The second-order valence-electron chi connectivity index (χ2n) is 8.94. The summed E-state index contributed by atoms with van der Waals surface area (Å²) in [5, 5.41) is 2.75. The summed E-state index contributed by atoms with van der Waals surface area (Å²) in [6.45, 7) is 2.89. The Kier molecular flexibility index (Phi) is 10.5. The van der Waals surface area contributed by atoms with E-state index in [2.05, 4.69) is 5.32 Å². The Morgan fingerprint density at radius 3 is 2.23 bits per heavy atom. The summed E-state index contributed by atoms with van der Waals surface area (Å²) in [6, 6.07) is 17.0. The van der Waals surface area contributed by atoms with Crippen molar-refractivity contribution in [3.8, 4) is 11.5 Å². The lowest BCUT2D eigenvalue weighted by Gasteiger charge is -2.32. The van der Waals surface area contributed by atoms with Gasteiger partial charge in [-0.05, 0) is 55.8 Å². The van der Waals surface area contributed by atoms with Crippen LogP contribution in [0.4, 0.5) is 10.1 Å². The average molecular weight is 572 g/mol. The molecule has 0 bridgehead atoms. The van der Waals surface area contributed by atoms with Gasteiger partial charge in [-0.3, -0.25) is 13.9 Å². The van der Waals surface area contributed by atoms with Gasteiger partial charge in [0.2, 0.25) is 11.8 Å². The number of anilines is 1. The third-order valence-electron chi connectivity index (χ3n) is 6.30. The van der Waals surface area contributed by atoms with Gasteiger partial charge in [0.05, 0.1) is 24.8 Å². The fourth-order valence-electron chi connectivity index (χ4n) is 4.01. The molecular weight excluding hydrogens is 537 g/mol. The molecule has 11 heteroatoms. The van der Waals surface area contributed by atoms with E-state index in [9.17, 15) is 22.4 Å². The molecule has 40 heavy (non-hydrogen) atoms. The predicted octanol–water partition coefficient (Wildman–Crippen LogP) is 3.98. The molecule has 0 saturated carbocycles. The smallest absolute Gasteiger partial charge is 0.264 e. The van der Waals surface area contributed by atoms with Gasteiger partial charge in [-0.25, -0.2) is 12.8 Å².